The molecule has 0 aliphatic carbocycles. The number of carbonyl (C=O) groups is 1. The van der Waals surface area contributed by atoms with Crippen molar-refractivity contribution in [2.75, 3.05) is 6.54 Å². The molecule has 1 aromatic heterocycles. The number of hydrogen-bond acceptors (Lipinski definition) is 3. The summed E-state index contributed by atoms with van der Waals surface area (Å²) < 4.78 is 0. The third kappa shape index (κ3) is 5.27. The second-order valence-corrected chi connectivity index (χ2v) is 4.57. The van der Waals surface area contributed by atoms with E-state index in [4.69, 9.17) is 0 Å². The molecule has 1 atom stereocenters. The zero-order valence-corrected chi connectivity index (χ0v) is 11.5. The molecule has 0 radical (unpaired) electrons. The Morgan fingerprint density at radius 1 is 1.50 bits per heavy atom. The highest BCUT2D eigenvalue weighted by Gasteiger charge is 2.05. The Labute approximate surface area is 109 Å². The van der Waals surface area contributed by atoms with E-state index in [1.54, 1.807) is 6.20 Å². The number of hydrogen-bond donors (Lipinski definition) is 2. The number of nitrogens with zero attached hydrogens (tertiary/aromatic N) is 1. The minimum atomic E-state index is 0.106. The van der Waals surface area contributed by atoms with Crippen LogP contribution >= 0.6 is 0 Å². The molecule has 0 saturated carbocycles. The van der Waals surface area contributed by atoms with E-state index in [0.29, 0.717) is 19.5 Å². The molecule has 1 unspecified atom stereocenters. The summed E-state index contributed by atoms with van der Waals surface area (Å²) in [6.45, 7) is 7.51. The Morgan fingerprint density at radius 3 is 2.94 bits per heavy atom. The van der Waals surface area contributed by atoms with Crippen molar-refractivity contribution in [3.05, 3.63) is 29.6 Å². The Hall–Kier alpha value is -1.42. The fraction of sp³-hybridized carbons (Fsp3) is 0.571. The number of rotatable bonds is 7. The SMILES string of the molecule is CCC(C)NC(=O)CCNCc1ncccc1C. The quantitative estimate of drug-likeness (QED) is 0.724. The molecule has 0 aromatic carbocycles. The number of aryl methyl sites for hydroxylation is 1. The Bertz CT molecular complexity index is 379. The standard InChI is InChI=1S/C14H23N3O/c1-4-12(3)17-14(18)7-9-15-10-13-11(2)6-5-8-16-13/h5-6,8,12,15H,4,7,9-10H2,1-3H3,(H,17,18). The highest BCUT2D eigenvalue weighted by molar-refractivity contribution is 5.76. The molecule has 0 bridgehead atoms. The third-order valence-electron chi connectivity index (χ3n) is 2.96. The van der Waals surface area contributed by atoms with E-state index < -0.39 is 0 Å². The molecule has 0 aliphatic rings. The van der Waals surface area contributed by atoms with Crippen LogP contribution in [0.15, 0.2) is 18.3 Å². The van der Waals surface area contributed by atoms with E-state index in [2.05, 4.69) is 22.5 Å². The lowest BCUT2D eigenvalue weighted by Crippen LogP contribution is -2.34. The molecular weight excluding hydrogens is 226 g/mol. The molecule has 0 saturated heterocycles. The molecule has 1 amide bonds. The molecule has 1 rings (SSSR count). The third-order valence-corrected chi connectivity index (χ3v) is 2.96. The van der Waals surface area contributed by atoms with Crippen LogP contribution in [0.2, 0.25) is 0 Å². The summed E-state index contributed by atoms with van der Waals surface area (Å²) in [6, 6.07) is 4.23. The average Bonchev–Trinajstić information content (AvgIpc) is 2.36. The summed E-state index contributed by atoms with van der Waals surface area (Å²) in [5, 5.41) is 6.19. The maximum Gasteiger partial charge on any atom is 0.221 e. The number of amides is 1. The molecule has 1 heterocycles. The van der Waals surface area contributed by atoms with Crippen LogP contribution < -0.4 is 10.6 Å². The smallest absolute Gasteiger partial charge is 0.221 e. The first-order chi connectivity index (χ1) is 8.63. The largest absolute Gasteiger partial charge is 0.354 e. The molecule has 18 heavy (non-hydrogen) atoms. The zero-order valence-electron chi connectivity index (χ0n) is 11.5. The highest BCUT2D eigenvalue weighted by atomic mass is 16.1. The number of pyridine rings is 1. The van der Waals surface area contributed by atoms with E-state index in [1.807, 2.05) is 26.0 Å². The molecule has 0 spiro atoms. The van der Waals surface area contributed by atoms with Crippen LogP contribution in [-0.4, -0.2) is 23.5 Å². The summed E-state index contributed by atoms with van der Waals surface area (Å²) >= 11 is 0. The fourth-order valence-electron chi connectivity index (χ4n) is 1.56. The number of nitrogens with one attached hydrogen (secondary N) is 2. The molecular formula is C14H23N3O. The van der Waals surface area contributed by atoms with Crippen LogP contribution in [0.1, 0.15) is 37.9 Å². The van der Waals surface area contributed by atoms with Gasteiger partial charge >= 0.3 is 0 Å². The fourth-order valence-corrected chi connectivity index (χ4v) is 1.56. The average molecular weight is 249 g/mol. The van der Waals surface area contributed by atoms with E-state index >= 15 is 0 Å². The number of carbonyl (C=O) groups excluding carboxylic acids is 1. The van der Waals surface area contributed by atoms with Crippen molar-refractivity contribution >= 4 is 5.91 Å². The first-order valence-electron chi connectivity index (χ1n) is 6.54. The summed E-state index contributed by atoms with van der Waals surface area (Å²) in [5.41, 5.74) is 2.22. The summed E-state index contributed by atoms with van der Waals surface area (Å²) in [5.74, 6) is 0.106. The van der Waals surface area contributed by atoms with Crippen LogP contribution in [0.5, 0.6) is 0 Å². The maximum absolute atomic E-state index is 11.5. The first kappa shape index (κ1) is 14.6. The van der Waals surface area contributed by atoms with Gasteiger partial charge in [-0.25, -0.2) is 0 Å². The molecule has 1 aromatic rings. The molecule has 4 nitrogen and oxygen atoms in total. The van der Waals surface area contributed by atoms with Gasteiger partial charge in [-0.3, -0.25) is 9.78 Å². The second-order valence-electron chi connectivity index (χ2n) is 4.57. The van der Waals surface area contributed by atoms with Crippen molar-refractivity contribution < 1.29 is 4.79 Å². The molecule has 0 aliphatic heterocycles. The topological polar surface area (TPSA) is 54.0 Å². The van der Waals surface area contributed by atoms with E-state index in [1.165, 1.54) is 5.56 Å². The summed E-state index contributed by atoms with van der Waals surface area (Å²) in [4.78, 5) is 15.8. The van der Waals surface area contributed by atoms with Gasteiger partial charge < -0.3 is 10.6 Å². The Kier molecular flexibility index (Phi) is 6.36. The van der Waals surface area contributed by atoms with Gasteiger partial charge in [0.05, 0.1) is 5.69 Å². The van der Waals surface area contributed by atoms with Crippen molar-refractivity contribution in [1.82, 2.24) is 15.6 Å². The van der Waals surface area contributed by atoms with Gasteiger partial charge in [0.2, 0.25) is 5.91 Å². The Morgan fingerprint density at radius 2 is 2.28 bits per heavy atom. The molecule has 4 heteroatoms. The van der Waals surface area contributed by atoms with Crippen molar-refractivity contribution in [3.63, 3.8) is 0 Å². The normalized spacial score (nSPS) is 12.2. The van der Waals surface area contributed by atoms with Gasteiger partial charge in [-0.2, -0.15) is 0 Å². The first-order valence-corrected chi connectivity index (χ1v) is 6.54. The van der Waals surface area contributed by atoms with Crippen molar-refractivity contribution in [3.8, 4) is 0 Å². The lowest BCUT2D eigenvalue weighted by Gasteiger charge is -2.11. The van der Waals surface area contributed by atoms with Gasteiger partial charge in [0, 0.05) is 31.7 Å². The van der Waals surface area contributed by atoms with Gasteiger partial charge in [0.25, 0.3) is 0 Å². The predicted octanol–water partition coefficient (Wildman–Crippen LogP) is 1.78. The van der Waals surface area contributed by atoms with E-state index in [0.717, 1.165) is 12.1 Å². The van der Waals surface area contributed by atoms with Crippen molar-refractivity contribution in [2.24, 2.45) is 0 Å². The molecule has 0 fully saturated rings. The van der Waals surface area contributed by atoms with Gasteiger partial charge in [-0.15, -0.1) is 0 Å². The van der Waals surface area contributed by atoms with Crippen molar-refractivity contribution in [1.29, 1.82) is 0 Å². The highest BCUT2D eigenvalue weighted by Crippen LogP contribution is 2.01. The lowest BCUT2D eigenvalue weighted by molar-refractivity contribution is -0.121. The molecule has 2 N–H and O–H groups in total. The van der Waals surface area contributed by atoms with Crippen LogP contribution in [0.25, 0.3) is 0 Å². The van der Waals surface area contributed by atoms with Gasteiger partial charge in [-0.1, -0.05) is 13.0 Å². The summed E-state index contributed by atoms with van der Waals surface area (Å²) in [6.07, 6.45) is 3.27. The van der Waals surface area contributed by atoms with Crippen LogP contribution in [0.4, 0.5) is 0 Å². The van der Waals surface area contributed by atoms with Gasteiger partial charge in [-0.05, 0) is 31.9 Å². The van der Waals surface area contributed by atoms with E-state index in [9.17, 15) is 4.79 Å². The van der Waals surface area contributed by atoms with E-state index in [-0.39, 0.29) is 11.9 Å². The second kappa shape index (κ2) is 7.82. The minimum Gasteiger partial charge on any atom is -0.354 e. The molecule has 100 valence electrons. The summed E-state index contributed by atoms with van der Waals surface area (Å²) in [7, 11) is 0. The monoisotopic (exact) mass is 249 g/mol. The van der Waals surface area contributed by atoms with Crippen molar-refractivity contribution in [2.45, 2.75) is 46.2 Å². The zero-order chi connectivity index (χ0) is 13.4. The van der Waals surface area contributed by atoms with Crippen LogP contribution in [0, 0.1) is 6.92 Å². The van der Waals surface area contributed by atoms with Gasteiger partial charge in [0.1, 0.15) is 0 Å². The minimum absolute atomic E-state index is 0.106. The lowest BCUT2D eigenvalue weighted by atomic mass is 10.2. The van der Waals surface area contributed by atoms with Crippen LogP contribution in [-0.2, 0) is 11.3 Å². The number of aromatic nitrogens is 1. The predicted molar refractivity (Wildman–Crippen MR) is 73.2 cm³/mol. The Balaban J connectivity index is 2.19. The van der Waals surface area contributed by atoms with Gasteiger partial charge in [0.15, 0.2) is 0 Å². The van der Waals surface area contributed by atoms with Crippen LogP contribution in [0.3, 0.4) is 0 Å². The maximum atomic E-state index is 11.5.